The van der Waals surface area contributed by atoms with E-state index < -0.39 is 29.2 Å². The number of pyridine rings is 3. The molecule has 0 bridgehead atoms. The van der Waals surface area contributed by atoms with Gasteiger partial charge in [-0.05, 0) is 53.4 Å². The second kappa shape index (κ2) is 13.3. The Hall–Kier alpha value is -4.73. The molecular formula is C31H30F3N9O2S. The molecule has 6 aromatic rings. The molecule has 0 aliphatic carbocycles. The minimum absolute atomic E-state index is 0.0677. The summed E-state index contributed by atoms with van der Waals surface area (Å²) < 4.78 is 65.9. The zero-order valence-electron chi connectivity index (χ0n) is 24.8. The number of halogens is 3. The van der Waals surface area contributed by atoms with Gasteiger partial charge in [0.1, 0.15) is 18.2 Å². The van der Waals surface area contributed by atoms with E-state index in [4.69, 9.17) is 4.98 Å². The third-order valence-corrected chi connectivity index (χ3v) is 8.06. The molecule has 15 heteroatoms. The highest BCUT2D eigenvalue weighted by Crippen LogP contribution is 2.33. The van der Waals surface area contributed by atoms with Crippen LogP contribution in [-0.4, -0.2) is 81.1 Å². The number of aromatic amines is 2. The molecule has 11 nitrogen and oxygen atoms in total. The fourth-order valence-corrected chi connectivity index (χ4v) is 5.71. The fourth-order valence-electron chi connectivity index (χ4n) is 5.29. The van der Waals surface area contributed by atoms with Gasteiger partial charge in [0.25, 0.3) is 0 Å². The zero-order valence-corrected chi connectivity index (χ0v) is 25.6. The molecule has 0 atom stereocenters. The Kier molecular flexibility index (Phi) is 9.05. The summed E-state index contributed by atoms with van der Waals surface area (Å²) in [6.07, 6.45) is 9.68. The molecule has 0 amide bonds. The summed E-state index contributed by atoms with van der Waals surface area (Å²) in [5.41, 5.74) is 6.10. The molecule has 0 fully saturated rings. The average molecular weight is 650 g/mol. The molecule has 1 aromatic carbocycles. The van der Waals surface area contributed by atoms with Crippen LogP contribution in [0.3, 0.4) is 0 Å². The van der Waals surface area contributed by atoms with Crippen molar-refractivity contribution in [2.24, 2.45) is 0 Å². The summed E-state index contributed by atoms with van der Waals surface area (Å²) in [6, 6.07) is 8.17. The fraction of sp³-hybridized carbons (Fsp3) is 0.258. The maximum atomic E-state index is 14.6. The summed E-state index contributed by atoms with van der Waals surface area (Å²) in [7, 11) is -3.47. The Balaban J connectivity index is 1.33. The molecule has 5 heterocycles. The minimum Gasteiger partial charge on any atom is -0.335 e. The van der Waals surface area contributed by atoms with Crippen LogP contribution >= 0.6 is 0 Å². The van der Waals surface area contributed by atoms with E-state index in [9.17, 15) is 21.6 Å². The van der Waals surface area contributed by atoms with Crippen LogP contribution in [0.1, 0.15) is 17.5 Å². The first kappa shape index (κ1) is 31.3. The molecule has 46 heavy (non-hydrogen) atoms. The van der Waals surface area contributed by atoms with Crippen LogP contribution in [0.25, 0.3) is 55.8 Å². The van der Waals surface area contributed by atoms with E-state index in [0.717, 1.165) is 22.9 Å². The first-order valence-electron chi connectivity index (χ1n) is 14.4. The normalized spacial score (nSPS) is 12.1. The van der Waals surface area contributed by atoms with E-state index in [-0.39, 0.29) is 13.1 Å². The Bertz CT molecular complexity index is 2120. The predicted octanol–water partition coefficient (Wildman–Crippen LogP) is 4.94. The molecule has 0 spiro atoms. The van der Waals surface area contributed by atoms with Crippen LogP contribution in [0.2, 0.25) is 0 Å². The molecule has 6 rings (SSSR count). The molecule has 0 aliphatic heterocycles. The van der Waals surface area contributed by atoms with Gasteiger partial charge in [0.15, 0.2) is 11.5 Å². The smallest absolute Gasteiger partial charge is 0.209 e. The maximum Gasteiger partial charge on any atom is 0.209 e. The molecule has 3 N–H and O–H groups in total. The van der Waals surface area contributed by atoms with Gasteiger partial charge in [-0.25, -0.2) is 31.9 Å². The number of imidazole rings is 1. The van der Waals surface area contributed by atoms with Gasteiger partial charge in [-0.15, -0.1) is 0 Å². The van der Waals surface area contributed by atoms with Gasteiger partial charge in [-0.3, -0.25) is 24.4 Å². The molecule has 0 aliphatic rings. The number of nitrogens with one attached hydrogen (secondary N) is 3. The molecule has 0 saturated carbocycles. The monoisotopic (exact) mass is 649 g/mol. The standard InChI is InChI=1S/C31H30F3N9O2S/c1-46(44,45)38-13-19-7-21(10-24(34)9-19)26-16-36-17-27-28(26)40-31(39-27)29-25-11-23(15-37-30(25)42-41-29)22-8-20(12-35-14-22)18-43(6-4-33)5-2-3-32/h7-12,14-17,38H,2-6,13,18H2,1H3,(H,39,40)(H,37,41,42). The Morgan fingerprint density at radius 3 is 2.50 bits per heavy atom. The highest BCUT2D eigenvalue weighted by molar-refractivity contribution is 7.88. The van der Waals surface area contributed by atoms with Gasteiger partial charge in [-0.1, -0.05) is 0 Å². The van der Waals surface area contributed by atoms with Gasteiger partial charge in [0.2, 0.25) is 10.0 Å². The summed E-state index contributed by atoms with van der Waals surface area (Å²) in [5, 5.41) is 8.05. The number of rotatable bonds is 13. The second-order valence-corrected chi connectivity index (χ2v) is 12.7. The third kappa shape index (κ3) is 7.06. The van der Waals surface area contributed by atoms with Crippen molar-refractivity contribution in [3.05, 3.63) is 78.3 Å². The Labute approximate surface area is 262 Å². The van der Waals surface area contributed by atoms with Crippen LogP contribution in [0.15, 0.2) is 61.3 Å². The lowest BCUT2D eigenvalue weighted by Gasteiger charge is -2.20. The van der Waals surface area contributed by atoms with Gasteiger partial charge in [0.05, 0.1) is 35.5 Å². The molecule has 5 aromatic heterocycles. The van der Waals surface area contributed by atoms with E-state index >= 15 is 0 Å². The molecule has 0 radical (unpaired) electrons. The van der Waals surface area contributed by atoms with Gasteiger partial charge in [0, 0.05) is 67.7 Å². The second-order valence-electron chi connectivity index (χ2n) is 10.9. The van der Waals surface area contributed by atoms with Gasteiger partial charge < -0.3 is 4.98 Å². The van der Waals surface area contributed by atoms with E-state index in [2.05, 4.69) is 34.9 Å². The number of alkyl halides is 2. The topological polar surface area (TPSA) is 145 Å². The van der Waals surface area contributed by atoms with Crippen LogP contribution in [0, 0.1) is 5.82 Å². The predicted molar refractivity (Wildman–Crippen MR) is 169 cm³/mol. The van der Waals surface area contributed by atoms with Crippen LogP contribution in [-0.2, 0) is 23.1 Å². The summed E-state index contributed by atoms with van der Waals surface area (Å²) in [5.74, 6) is -0.0650. The molecule has 0 unspecified atom stereocenters. The minimum atomic E-state index is -3.47. The lowest BCUT2D eigenvalue weighted by atomic mass is 10.0. The van der Waals surface area contributed by atoms with Crippen molar-refractivity contribution in [3.63, 3.8) is 0 Å². The Morgan fingerprint density at radius 1 is 0.891 bits per heavy atom. The van der Waals surface area contributed by atoms with Crippen molar-refractivity contribution in [2.75, 3.05) is 32.7 Å². The number of aromatic nitrogens is 7. The number of fused-ring (bicyclic) bond motifs is 2. The number of nitrogens with zero attached hydrogens (tertiary/aromatic N) is 6. The number of sulfonamides is 1. The van der Waals surface area contributed by atoms with Gasteiger partial charge >= 0.3 is 0 Å². The van der Waals surface area contributed by atoms with Crippen molar-refractivity contribution in [1.82, 2.24) is 44.7 Å². The first-order chi connectivity index (χ1) is 22.2. The van der Waals surface area contributed by atoms with Crippen molar-refractivity contribution in [3.8, 4) is 33.8 Å². The average Bonchev–Trinajstić information content (AvgIpc) is 3.66. The number of hydrogen-bond donors (Lipinski definition) is 3. The lowest BCUT2D eigenvalue weighted by molar-refractivity contribution is 0.229. The maximum absolute atomic E-state index is 14.6. The van der Waals surface area contributed by atoms with Crippen molar-refractivity contribution in [1.29, 1.82) is 0 Å². The summed E-state index contributed by atoms with van der Waals surface area (Å²) >= 11 is 0. The van der Waals surface area contributed by atoms with Crippen molar-refractivity contribution < 1.29 is 21.6 Å². The Morgan fingerprint density at radius 2 is 1.70 bits per heavy atom. The van der Waals surface area contributed by atoms with Crippen molar-refractivity contribution in [2.45, 2.75) is 19.5 Å². The van der Waals surface area contributed by atoms with Crippen LogP contribution in [0.5, 0.6) is 0 Å². The molecule has 238 valence electrons. The van der Waals surface area contributed by atoms with E-state index in [0.29, 0.717) is 69.8 Å². The van der Waals surface area contributed by atoms with Crippen LogP contribution in [0.4, 0.5) is 13.2 Å². The van der Waals surface area contributed by atoms with Crippen LogP contribution < -0.4 is 4.72 Å². The summed E-state index contributed by atoms with van der Waals surface area (Å²) in [4.78, 5) is 23.1. The number of hydrogen-bond acceptors (Lipinski definition) is 8. The lowest BCUT2D eigenvalue weighted by Crippen LogP contribution is -2.27. The van der Waals surface area contributed by atoms with E-state index in [1.165, 1.54) is 12.1 Å². The quantitative estimate of drug-likeness (QED) is 0.160. The third-order valence-electron chi connectivity index (χ3n) is 7.39. The van der Waals surface area contributed by atoms with E-state index in [1.54, 1.807) is 37.1 Å². The summed E-state index contributed by atoms with van der Waals surface area (Å²) in [6.45, 7) is 0.0571. The van der Waals surface area contributed by atoms with Crippen molar-refractivity contribution >= 4 is 32.1 Å². The highest BCUT2D eigenvalue weighted by Gasteiger charge is 2.18. The largest absolute Gasteiger partial charge is 0.335 e. The van der Waals surface area contributed by atoms with E-state index in [1.807, 2.05) is 17.0 Å². The molecule has 0 saturated heterocycles. The molecular weight excluding hydrogens is 619 g/mol. The zero-order chi connectivity index (χ0) is 32.3. The number of H-pyrrole nitrogens is 2. The first-order valence-corrected chi connectivity index (χ1v) is 16.3. The van der Waals surface area contributed by atoms with Gasteiger partial charge in [-0.2, -0.15) is 5.10 Å². The highest BCUT2D eigenvalue weighted by atomic mass is 32.2. The number of benzene rings is 1. The SMILES string of the molecule is CS(=O)(=O)NCc1cc(F)cc(-c2cncc3[nH]c(-c4[nH]nc5ncc(-c6cncc(CN(CCF)CCCF)c6)cc45)nc23)c1.